The van der Waals surface area contributed by atoms with Crippen molar-refractivity contribution in [2.75, 3.05) is 5.43 Å². The lowest BCUT2D eigenvalue weighted by molar-refractivity contribution is 0.829. The maximum atomic E-state index is 5.22. The van der Waals surface area contributed by atoms with Gasteiger partial charge in [0.25, 0.3) is 0 Å². The first-order valence-electron chi connectivity index (χ1n) is 3.76. The standard InChI is InChI=1S/C7H11BrN4/c1-2-3-6-10-5(8)4-7(11-6)12-9/h4H,2-3,9H2,1H3,(H,10,11,12). The molecule has 0 aromatic carbocycles. The number of nitrogen functional groups attached to an aromatic ring is 1. The van der Waals surface area contributed by atoms with Crippen molar-refractivity contribution in [3.63, 3.8) is 0 Å². The average Bonchev–Trinajstić information content (AvgIpc) is 2.04. The fourth-order valence-corrected chi connectivity index (χ4v) is 1.30. The molecule has 0 aliphatic carbocycles. The van der Waals surface area contributed by atoms with Gasteiger partial charge in [-0.3, -0.25) is 0 Å². The topological polar surface area (TPSA) is 63.8 Å². The monoisotopic (exact) mass is 230 g/mol. The van der Waals surface area contributed by atoms with Crippen LogP contribution in [0.1, 0.15) is 19.2 Å². The first-order valence-corrected chi connectivity index (χ1v) is 4.55. The summed E-state index contributed by atoms with van der Waals surface area (Å²) in [6.45, 7) is 2.08. The lowest BCUT2D eigenvalue weighted by atomic mass is 10.3. The van der Waals surface area contributed by atoms with Gasteiger partial charge < -0.3 is 5.43 Å². The molecule has 66 valence electrons. The molecule has 0 atom stereocenters. The van der Waals surface area contributed by atoms with Crippen LogP contribution in [0.25, 0.3) is 0 Å². The molecule has 1 heterocycles. The number of halogens is 1. The van der Waals surface area contributed by atoms with Gasteiger partial charge in [0.1, 0.15) is 16.2 Å². The molecule has 5 heteroatoms. The second-order valence-electron chi connectivity index (χ2n) is 2.39. The summed E-state index contributed by atoms with van der Waals surface area (Å²) in [5, 5.41) is 0. The van der Waals surface area contributed by atoms with Crippen LogP contribution in [0.2, 0.25) is 0 Å². The minimum absolute atomic E-state index is 0.639. The highest BCUT2D eigenvalue weighted by atomic mass is 79.9. The van der Waals surface area contributed by atoms with Gasteiger partial charge in [-0.05, 0) is 22.4 Å². The lowest BCUT2D eigenvalue weighted by Gasteiger charge is -2.02. The van der Waals surface area contributed by atoms with Crippen LogP contribution in [0.15, 0.2) is 10.7 Å². The van der Waals surface area contributed by atoms with Crippen molar-refractivity contribution < 1.29 is 0 Å². The van der Waals surface area contributed by atoms with Crippen molar-refractivity contribution in [2.24, 2.45) is 5.84 Å². The van der Waals surface area contributed by atoms with E-state index in [9.17, 15) is 0 Å². The second-order valence-corrected chi connectivity index (χ2v) is 3.20. The second kappa shape index (κ2) is 4.37. The zero-order chi connectivity index (χ0) is 8.97. The summed E-state index contributed by atoms with van der Waals surface area (Å²) in [7, 11) is 0. The quantitative estimate of drug-likeness (QED) is 0.469. The van der Waals surface area contributed by atoms with Crippen molar-refractivity contribution in [1.29, 1.82) is 0 Å². The Morgan fingerprint density at radius 3 is 2.92 bits per heavy atom. The molecule has 0 unspecified atom stereocenters. The van der Waals surface area contributed by atoms with E-state index in [2.05, 4.69) is 38.2 Å². The predicted octanol–water partition coefficient (Wildman–Crippen LogP) is 1.48. The summed E-state index contributed by atoms with van der Waals surface area (Å²) in [5.74, 6) is 6.67. The molecule has 1 rings (SSSR count). The normalized spacial score (nSPS) is 9.92. The van der Waals surface area contributed by atoms with Gasteiger partial charge in [-0.2, -0.15) is 0 Å². The van der Waals surface area contributed by atoms with Crippen molar-refractivity contribution in [3.8, 4) is 0 Å². The van der Waals surface area contributed by atoms with E-state index in [0.29, 0.717) is 5.82 Å². The zero-order valence-electron chi connectivity index (χ0n) is 6.84. The molecule has 1 aromatic rings. The number of nitrogens with one attached hydrogen (secondary N) is 1. The molecule has 3 N–H and O–H groups in total. The van der Waals surface area contributed by atoms with E-state index >= 15 is 0 Å². The van der Waals surface area contributed by atoms with Crippen LogP contribution in [-0.4, -0.2) is 9.97 Å². The van der Waals surface area contributed by atoms with Gasteiger partial charge in [-0.15, -0.1) is 0 Å². The minimum atomic E-state index is 0.639. The van der Waals surface area contributed by atoms with Crippen LogP contribution in [0.5, 0.6) is 0 Å². The van der Waals surface area contributed by atoms with Gasteiger partial charge in [-0.25, -0.2) is 15.8 Å². The van der Waals surface area contributed by atoms with E-state index in [1.54, 1.807) is 6.07 Å². The molecule has 0 spiro atoms. The van der Waals surface area contributed by atoms with Crippen LogP contribution in [0.3, 0.4) is 0 Å². The van der Waals surface area contributed by atoms with E-state index in [1.165, 1.54) is 0 Å². The third-order valence-corrected chi connectivity index (χ3v) is 1.77. The number of rotatable bonds is 3. The fraction of sp³-hybridized carbons (Fsp3) is 0.429. The van der Waals surface area contributed by atoms with Gasteiger partial charge in [0, 0.05) is 12.5 Å². The third-order valence-electron chi connectivity index (χ3n) is 1.36. The smallest absolute Gasteiger partial charge is 0.144 e. The maximum Gasteiger partial charge on any atom is 0.144 e. The Morgan fingerprint density at radius 1 is 1.58 bits per heavy atom. The highest BCUT2D eigenvalue weighted by molar-refractivity contribution is 9.10. The molecule has 0 aliphatic heterocycles. The van der Waals surface area contributed by atoms with E-state index in [-0.39, 0.29) is 0 Å². The molecule has 1 aromatic heterocycles. The van der Waals surface area contributed by atoms with Gasteiger partial charge in [-0.1, -0.05) is 6.92 Å². The van der Waals surface area contributed by atoms with Crippen LogP contribution >= 0.6 is 15.9 Å². The van der Waals surface area contributed by atoms with Crippen LogP contribution in [0.4, 0.5) is 5.82 Å². The van der Waals surface area contributed by atoms with E-state index in [0.717, 1.165) is 23.3 Å². The van der Waals surface area contributed by atoms with Crippen LogP contribution in [-0.2, 0) is 6.42 Å². The number of anilines is 1. The van der Waals surface area contributed by atoms with Crippen molar-refractivity contribution in [3.05, 3.63) is 16.5 Å². The first kappa shape index (κ1) is 9.41. The third kappa shape index (κ3) is 2.42. The molecule has 12 heavy (non-hydrogen) atoms. The van der Waals surface area contributed by atoms with Gasteiger partial charge in [0.05, 0.1) is 0 Å². The Labute approximate surface area is 79.7 Å². The number of nitrogens with two attached hydrogens (primary N) is 1. The molecule has 0 radical (unpaired) electrons. The summed E-state index contributed by atoms with van der Waals surface area (Å²) >= 11 is 3.28. The summed E-state index contributed by atoms with van der Waals surface area (Å²) in [6, 6.07) is 1.74. The summed E-state index contributed by atoms with van der Waals surface area (Å²) in [4.78, 5) is 8.35. The SMILES string of the molecule is CCCc1nc(Br)cc(NN)n1. The molecule has 4 nitrogen and oxygen atoms in total. The number of aryl methyl sites for hydroxylation is 1. The fourth-order valence-electron chi connectivity index (χ4n) is 0.874. The molecule has 0 aliphatic rings. The largest absolute Gasteiger partial charge is 0.308 e. The van der Waals surface area contributed by atoms with E-state index in [1.807, 2.05) is 0 Å². The molecule has 0 bridgehead atoms. The summed E-state index contributed by atoms with van der Waals surface area (Å²) in [5.41, 5.74) is 2.49. The van der Waals surface area contributed by atoms with Gasteiger partial charge >= 0.3 is 0 Å². The van der Waals surface area contributed by atoms with E-state index < -0.39 is 0 Å². The Kier molecular flexibility index (Phi) is 3.43. The van der Waals surface area contributed by atoms with Crippen LogP contribution < -0.4 is 11.3 Å². The average molecular weight is 231 g/mol. The zero-order valence-corrected chi connectivity index (χ0v) is 8.43. The molecule has 0 saturated carbocycles. The minimum Gasteiger partial charge on any atom is -0.308 e. The van der Waals surface area contributed by atoms with Gasteiger partial charge in [0.15, 0.2) is 0 Å². The van der Waals surface area contributed by atoms with Gasteiger partial charge in [0.2, 0.25) is 0 Å². The highest BCUT2D eigenvalue weighted by Gasteiger charge is 1.99. The number of aromatic nitrogens is 2. The summed E-state index contributed by atoms with van der Waals surface area (Å²) < 4.78 is 0.758. The Hall–Kier alpha value is -0.680. The Balaban J connectivity index is 2.90. The summed E-state index contributed by atoms with van der Waals surface area (Å²) in [6.07, 6.45) is 1.90. The van der Waals surface area contributed by atoms with Crippen LogP contribution in [0, 0.1) is 0 Å². The number of hydrogen-bond donors (Lipinski definition) is 2. The first-order chi connectivity index (χ1) is 5.76. The van der Waals surface area contributed by atoms with Crippen molar-refractivity contribution in [1.82, 2.24) is 9.97 Å². The number of hydrogen-bond acceptors (Lipinski definition) is 4. The van der Waals surface area contributed by atoms with Crippen molar-refractivity contribution >= 4 is 21.7 Å². The Bertz CT molecular complexity index is 264. The number of nitrogens with zero attached hydrogens (tertiary/aromatic N) is 2. The molecule has 0 saturated heterocycles. The molecular formula is C7H11BrN4. The lowest BCUT2D eigenvalue weighted by Crippen LogP contribution is -2.10. The Morgan fingerprint density at radius 2 is 2.33 bits per heavy atom. The number of hydrazine groups is 1. The molecule has 0 fully saturated rings. The maximum absolute atomic E-state index is 5.22. The molecular weight excluding hydrogens is 220 g/mol. The highest BCUT2D eigenvalue weighted by Crippen LogP contribution is 2.11. The van der Waals surface area contributed by atoms with E-state index in [4.69, 9.17) is 5.84 Å². The molecule has 0 amide bonds. The predicted molar refractivity (Wildman–Crippen MR) is 51.5 cm³/mol. The van der Waals surface area contributed by atoms with Crippen molar-refractivity contribution in [2.45, 2.75) is 19.8 Å².